The first-order chi connectivity index (χ1) is 5.11. The van der Waals surface area contributed by atoms with Gasteiger partial charge in [0.2, 0.25) is 5.95 Å². The number of pyridine rings is 1. The minimum atomic E-state index is -1.04. The second kappa shape index (κ2) is 2.92. The molecule has 0 spiro atoms. The van der Waals surface area contributed by atoms with Gasteiger partial charge in [0.05, 0.1) is 11.8 Å². The SMILES string of the molecule is O=C(Cl)c1cc(F)ncc1F. The van der Waals surface area contributed by atoms with Crippen molar-refractivity contribution < 1.29 is 13.6 Å². The smallest absolute Gasteiger partial charge is 0.255 e. The quantitative estimate of drug-likeness (QED) is 0.483. The number of rotatable bonds is 1. The Morgan fingerprint density at radius 1 is 1.55 bits per heavy atom. The van der Waals surface area contributed by atoms with Crippen LogP contribution in [0.15, 0.2) is 12.3 Å². The molecule has 0 unspecified atom stereocenters. The summed E-state index contributed by atoms with van der Waals surface area (Å²) >= 11 is 4.91. The lowest BCUT2D eigenvalue weighted by Gasteiger charge is -1.94. The van der Waals surface area contributed by atoms with Crippen LogP contribution in [-0.4, -0.2) is 10.2 Å². The highest BCUT2D eigenvalue weighted by Crippen LogP contribution is 2.09. The number of hydrogen-bond donors (Lipinski definition) is 0. The lowest BCUT2D eigenvalue weighted by atomic mass is 10.3. The van der Waals surface area contributed by atoms with Crippen LogP contribution in [0.4, 0.5) is 8.78 Å². The Morgan fingerprint density at radius 2 is 2.18 bits per heavy atom. The Morgan fingerprint density at radius 3 is 2.64 bits per heavy atom. The number of halogens is 3. The number of carbonyl (C=O) groups is 1. The van der Waals surface area contributed by atoms with Crippen LogP contribution in [0.1, 0.15) is 10.4 Å². The Kier molecular flexibility index (Phi) is 2.14. The average Bonchev–Trinajstić information content (AvgIpc) is 1.94. The van der Waals surface area contributed by atoms with Gasteiger partial charge in [0, 0.05) is 6.07 Å². The minimum Gasteiger partial charge on any atom is -0.275 e. The van der Waals surface area contributed by atoms with Crippen LogP contribution in [0.2, 0.25) is 0 Å². The maximum Gasteiger partial charge on any atom is 0.255 e. The van der Waals surface area contributed by atoms with E-state index >= 15 is 0 Å². The van der Waals surface area contributed by atoms with Gasteiger partial charge in [0.1, 0.15) is 0 Å². The lowest BCUT2D eigenvalue weighted by Crippen LogP contribution is -1.97. The summed E-state index contributed by atoms with van der Waals surface area (Å²) in [6, 6.07) is 0.644. The van der Waals surface area contributed by atoms with Gasteiger partial charge in [-0.1, -0.05) is 0 Å². The summed E-state index contributed by atoms with van der Waals surface area (Å²) in [4.78, 5) is 13.3. The van der Waals surface area contributed by atoms with E-state index in [9.17, 15) is 13.6 Å². The van der Waals surface area contributed by atoms with Gasteiger partial charge in [-0.15, -0.1) is 0 Å². The highest BCUT2D eigenvalue weighted by Gasteiger charge is 2.10. The van der Waals surface area contributed by atoms with Crippen molar-refractivity contribution in [1.82, 2.24) is 4.98 Å². The molecule has 1 heterocycles. The van der Waals surface area contributed by atoms with Gasteiger partial charge in [-0.25, -0.2) is 9.37 Å². The zero-order valence-electron chi connectivity index (χ0n) is 5.14. The standard InChI is InChI=1S/C6H2ClF2NO/c7-6(11)3-1-5(9)10-2-4(3)8/h1-2H. The molecule has 58 valence electrons. The van der Waals surface area contributed by atoms with E-state index in [1.54, 1.807) is 0 Å². The summed E-state index contributed by atoms with van der Waals surface area (Å²) < 4.78 is 24.7. The first kappa shape index (κ1) is 8.07. The summed E-state index contributed by atoms with van der Waals surface area (Å²) in [6.45, 7) is 0. The predicted molar refractivity (Wildman–Crippen MR) is 34.3 cm³/mol. The summed E-state index contributed by atoms with van der Waals surface area (Å²) in [5, 5.41) is -1.04. The van der Waals surface area contributed by atoms with Gasteiger partial charge in [-0.05, 0) is 11.6 Å². The maximum absolute atomic E-state index is 12.5. The van der Waals surface area contributed by atoms with E-state index in [1.165, 1.54) is 0 Å². The van der Waals surface area contributed by atoms with E-state index in [0.29, 0.717) is 12.3 Å². The fourth-order valence-electron chi connectivity index (χ4n) is 0.564. The highest BCUT2D eigenvalue weighted by atomic mass is 35.5. The molecule has 0 radical (unpaired) electrons. The van der Waals surface area contributed by atoms with Crippen molar-refractivity contribution >= 4 is 16.8 Å². The second-order valence-electron chi connectivity index (χ2n) is 1.76. The van der Waals surface area contributed by atoms with Gasteiger partial charge in [-0.3, -0.25) is 4.79 Å². The van der Waals surface area contributed by atoms with Crippen LogP contribution in [-0.2, 0) is 0 Å². The average molecular weight is 178 g/mol. The molecule has 0 aliphatic carbocycles. The monoisotopic (exact) mass is 177 g/mol. The molecule has 1 aromatic heterocycles. The van der Waals surface area contributed by atoms with Crippen LogP contribution in [0.3, 0.4) is 0 Å². The van der Waals surface area contributed by atoms with Gasteiger partial charge in [0.25, 0.3) is 5.24 Å². The normalized spacial score (nSPS) is 9.73. The molecule has 1 rings (SSSR count). The number of hydrogen-bond acceptors (Lipinski definition) is 2. The minimum absolute atomic E-state index is 0.501. The lowest BCUT2D eigenvalue weighted by molar-refractivity contribution is 0.107. The van der Waals surface area contributed by atoms with E-state index in [0.717, 1.165) is 0 Å². The van der Waals surface area contributed by atoms with Crippen molar-refractivity contribution in [3.8, 4) is 0 Å². The largest absolute Gasteiger partial charge is 0.275 e. The van der Waals surface area contributed by atoms with Crippen LogP contribution in [0.5, 0.6) is 0 Å². The third-order valence-corrected chi connectivity index (χ3v) is 1.24. The molecule has 1 aromatic rings. The summed E-state index contributed by atoms with van der Waals surface area (Å²) in [5.41, 5.74) is -0.501. The molecule has 0 N–H and O–H groups in total. The number of nitrogens with zero attached hydrogens (tertiary/aromatic N) is 1. The first-order valence-corrected chi connectivity index (χ1v) is 3.00. The first-order valence-electron chi connectivity index (χ1n) is 2.62. The zero-order chi connectivity index (χ0) is 8.43. The molecule has 2 nitrogen and oxygen atoms in total. The number of carbonyl (C=O) groups excluding carboxylic acids is 1. The molecule has 0 saturated heterocycles. The van der Waals surface area contributed by atoms with Gasteiger partial charge in [0.15, 0.2) is 5.82 Å². The van der Waals surface area contributed by atoms with Crippen molar-refractivity contribution in [1.29, 1.82) is 0 Å². The van der Waals surface area contributed by atoms with Gasteiger partial charge < -0.3 is 0 Å². The molecule has 0 aliphatic heterocycles. The van der Waals surface area contributed by atoms with Gasteiger partial charge >= 0.3 is 0 Å². The highest BCUT2D eigenvalue weighted by molar-refractivity contribution is 6.67. The van der Waals surface area contributed by atoms with Crippen molar-refractivity contribution in [3.63, 3.8) is 0 Å². The molecule has 0 aliphatic rings. The van der Waals surface area contributed by atoms with E-state index < -0.39 is 22.6 Å². The Bertz CT molecular complexity index is 303. The third kappa shape index (κ3) is 1.71. The fraction of sp³-hybridized carbons (Fsp3) is 0. The van der Waals surface area contributed by atoms with Crippen LogP contribution < -0.4 is 0 Å². The molecule has 11 heavy (non-hydrogen) atoms. The molecule has 0 aromatic carbocycles. The van der Waals surface area contributed by atoms with Crippen molar-refractivity contribution in [3.05, 3.63) is 29.6 Å². The number of aromatic nitrogens is 1. The summed E-state index contributed by atoms with van der Waals surface area (Å²) in [5.74, 6) is -1.86. The molecular formula is C6H2ClF2NO. The molecule has 0 amide bonds. The third-order valence-electron chi connectivity index (χ3n) is 1.03. The zero-order valence-corrected chi connectivity index (χ0v) is 5.90. The topological polar surface area (TPSA) is 30.0 Å². The summed E-state index contributed by atoms with van der Waals surface area (Å²) in [6.07, 6.45) is 0.602. The fourth-order valence-corrected chi connectivity index (χ4v) is 0.709. The van der Waals surface area contributed by atoms with Crippen molar-refractivity contribution in [2.24, 2.45) is 0 Å². The molecule has 0 fully saturated rings. The van der Waals surface area contributed by atoms with Crippen molar-refractivity contribution in [2.45, 2.75) is 0 Å². The second-order valence-corrected chi connectivity index (χ2v) is 2.10. The Labute approximate surface area is 65.8 Å². The van der Waals surface area contributed by atoms with Crippen molar-refractivity contribution in [2.75, 3.05) is 0 Å². The van der Waals surface area contributed by atoms with Crippen LogP contribution in [0.25, 0.3) is 0 Å². The molecule has 5 heteroatoms. The Balaban J connectivity index is 3.23. The molecule has 0 saturated carbocycles. The molecular weight excluding hydrogens is 176 g/mol. The van der Waals surface area contributed by atoms with E-state index in [1.807, 2.05) is 0 Å². The molecule has 0 bridgehead atoms. The maximum atomic E-state index is 12.5. The predicted octanol–water partition coefficient (Wildman–Crippen LogP) is 1.74. The van der Waals surface area contributed by atoms with Crippen LogP contribution >= 0.6 is 11.6 Å². The molecule has 0 atom stereocenters. The van der Waals surface area contributed by atoms with Gasteiger partial charge in [-0.2, -0.15) is 4.39 Å². The summed E-state index contributed by atoms with van der Waals surface area (Å²) in [7, 11) is 0. The van der Waals surface area contributed by atoms with E-state index in [2.05, 4.69) is 4.98 Å². The van der Waals surface area contributed by atoms with E-state index in [-0.39, 0.29) is 0 Å². The Hall–Kier alpha value is -1.03. The van der Waals surface area contributed by atoms with E-state index in [4.69, 9.17) is 11.6 Å². The van der Waals surface area contributed by atoms with Crippen LogP contribution in [0, 0.1) is 11.8 Å².